The molecule has 0 saturated carbocycles. The van der Waals surface area contributed by atoms with Gasteiger partial charge in [0.1, 0.15) is 6.10 Å². The Morgan fingerprint density at radius 2 is 1.56 bits per heavy atom. The Bertz CT molecular complexity index is 114. The van der Waals surface area contributed by atoms with Gasteiger partial charge in [-0.2, -0.15) is 0 Å². The molecule has 1 fully saturated rings. The summed E-state index contributed by atoms with van der Waals surface area (Å²) >= 11 is 0. The molecular weight excluding hydrogens is 208 g/mol. The Morgan fingerprint density at radius 3 is 1.62 bits per heavy atom. The first-order valence-corrected chi connectivity index (χ1v) is 5.14. The fourth-order valence-corrected chi connectivity index (χ4v) is 0.350. The zero-order chi connectivity index (χ0) is 13.2. The highest BCUT2D eigenvalue weighted by Gasteiger charge is 2.21. The van der Waals surface area contributed by atoms with Crippen LogP contribution in [0, 0.1) is 0 Å². The maximum absolute atomic E-state index is 7.62. The van der Waals surface area contributed by atoms with E-state index in [0.29, 0.717) is 6.10 Å². The monoisotopic (exact) mass is 234 g/mol. The van der Waals surface area contributed by atoms with Gasteiger partial charge in [-0.05, 0) is 13.8 Å². The third-order valence-corrected chi connectivity index (χ3v) is 0.855. The van der Waals surface area contributed by atoms with Gasteiger partial charge in [0.05, 0.1) is 26.4 Å². The van der Waals surface area contributed by atoms with Crippen LogP contribution in [0.4, 0.5) is 0 Å². The van der Waals surface area contributed by atoms with Crippen molar-refractivity contribution >= 4 is 0 Å². The molecule has 0 aliphatic carbocycles. The van der Waals surface area contributed by atoms with E-state index in [1.165, 1.54) is 0 Å². The number of ether oxygens (including phenoxy) is 2. The second kappa shape index (κ2) is 23.9. The van der Waals surface area contributed by atoms with Gasteiger partial charge in [-0.25, -0.2) is 0 Å². The van der Waals surface area contributed by atoms with Crippen LogP contribution in [0.5, 0.6) is 0 Å². The van der Waals surface area contributed by atoms with Crippen molar-refractivity contribution in [1.82, 2.24) is 0 Å². The van der Waals surface area contributed by atoms with Crippen LogP contribution in [0.15, 0.2) is 25.3 Å². The number of hydrogen-bond acceptors (Lipinski definition) is 4. The number of epoxide rings is 1. The summed E-state index contributed by atoms with van der Waals surface area (Å²) in [7, 11) is 1.68. The van der Waals surface area contributed by atoms with Crippen molar-refractivity contribution in [3.63, 3.8) is 0 Å². The molecule has 0 amide bonds. The van der Waals surface area contributed by atoms with Crippen LogP contribution in [0.25, 0.3) is 0 Å². The van der Waals surface area contributed by atoms with Crippen LogP contribution in [-0.2, 0) is 9.47 Å². The predicted octanol–water partition coefficient (Wildman–Crippen LogP) is 1.39. The maximum Gasteiger partial charge on any atom is 0.104 e. The Kier molecular flexibility index (Phi) is 30.9. The van der Waals surface area contributed by atoms with E-state index in [4.69, 9.17) is 19.7 Å². The van der Waals surface area contributed by atoms with E-state index in [0.717, 1.165) is 13.2 Å². The van der Waals surface area contributed by atoms with Gasteiger partial charge < -0.3 is 19.7 Å². The van der Waals surface area contributed by atoms with Crippen molar-refractivity contribution in [3.05, 3.63) is 25.3 Å². The van der Waals surface area contributed by atoms with Crippen molar-refractivity contribution in [2.24, 2.45) is 0 Å². The van der Waals surface area contributed by atoms with E-state index >= 15 is 0 Å². The number of hydrogen-bond donors (Lipinski definition) is 2. The molecule has 0 bridgehead atoms. The van der Waals surface area contributed by atoms with Crippen molar-refractivity contribution in [2.75, 3.05) is 33.5 Å². The van der Waals surface area contributed by atoms with Crippen LogP contribution in [-0.4, -0.2) is 49.9 Å². The van der Waals surface area contributed by atoms with Gasteiger partial charge in [0.15, 0.2) is 0 Å². The van der Waals surface area contributed by atoms with E-state index in [-0.39, 0.29) is 13.2 Å². The summed E-state index contributed by atoms with van der Waals surface area (Å²) in [6.07, 6.45) is 3.93. The van der Waals surface area contributed by atoms with E-state index in [2.05, 4.69) is 13.2 Å². The lowest BCUT2D eigenvalue weighted by Crippen LogP contribution is -1.94. The Balaban J connectivity index is -0.000000150. The highest BCUT2D eigenvalue weighted by Crippen LogP contribution is 2.06. The van der Waals surface area contributed by atoms with Gasteiger partial charge in [0.2, 0.25) is 0 Å². The summed E-state index contributed by atoms with van der Waals surface area (Å²) in [4.78, 5) is 0. The lowest BCUT2D eigenvalue weighted by Gasteiger charge is -1.84. The quantitative estimate of drug-likeness (QED) is 0.572. The molecule has 1 rings (SSSR count). The van der Waals surface area contributed by atoms with Gasteiger partial charge in [0.25, 0.3) is 0 Å². The molecule has 1 heterocycles. The predicted molar refractivity (Wildman–Crippen MR) is 67.5 cm³/mol. The van der Waals surface area contributed by atoms with Crippen molar-refractivity contribution in [3.8, 4) is 0 Å². The largest absolute Gasteiger partial charge is 0.394 e. The van der Waals surface area contributed by atoms with Crippen molar-refractivity contribution in [2.45, 2.75) is 20.0 Å². The molecule has 0 aromatic heterocycles. The smallest absolute Gasteiger partial charge is 0.104 e. The summed E-state index contributed by atoms with van der Waals surface area (Å²) in [5.74, 6) is 0. The topological polar surface area (TPSA) is 62.2 Å². The zero-order valence-electron chi connectivity index (χ0n) is 10.7. The van der Waals surface area contributed by atoms with Gasteiger partial charge in [-0.1, -0.05) is 12.2 Å². The van der Waals surface area contributed by atoms with E-state index < -0.39 is 0 Å². The molecular formula is C12H26O4. The molecule has 4 heteroatoms. The fourth-order valence-electron chi connectivity index (χ4n) is 0.350. The van der Waals surface area contributed by atoms with Gasteiger partial charge in [0, 0.05) is 7.11 Å². The Hall–Kier alpha value is -0.680. The molecule has 0 aromatic rings. The third-order valence-electron chi connectivity index (χ3n) is 0.855. The lowest BCUT2D eigenvalue weighted by molar-refractivity contribution is 0.171. The minimum absolute atomic E-state index is 0.125. The molecule has 4 nitrogen and oxygen atoms in total. The second-order valence-corrected chi connectivity index (χ2v) is 2.67. The molecule has 1 unspecified atom stereocenters. The standard InChI is InChI=1S/C4H8O2.2C3H6.C2H6O2/c1-5-2-4-3-6-4;2*1-3-2;3-1-2-4/h4H,2-3H2,1H3;2*3H,1H2,2H3;3-4H,1-2H2. The normalized spacial score (nSPS) is 14.9. The van der Waals surface area contributed by atoms with Gasteiger partial charge in [-0.15, -0.1) is 13.2 Å². The number of methoxy groups -OCH3 is 1. The van der Waals surface area contributed by atoms with Gasteiger partial charge in [-0.3, -0.25) is 0 Å². The average molecular weight is 234 g/mol. The molecule has 0 radical (unpaired) electrons. The average Bonchev–Trinajstić information content (AvgIpc) is 3.05. The molecule has 1 saturated heterocycles. The van der Waals surface area contributed by atoms with Crippen LogP contribution in [0.2, 0.25) is 0 Å². The van der Waals surface area contributed by atoms with Crippen LogP contribution < -0.4 is 0 Å². The van der Waals surface area contributed by atoms with E-state index in [1.807, 2.05) is 13.8 Å². The molecule has 0 spiro atoms. The minimum Gasteiger partial charge on any atom is -0.394 e. The lowest BCUT2D eigenvalue weighted by atomic mass is 10.5. The summed E-state index contributed by atoms with van der Waals surface area (Å²) in [5.41, 5.74) is 0. The van der Waals surface area contributed by atoms with Crippen molar-refractivity contribution in [1.29, 1.82) is 0 Å². The van der Waals surface area contributed by atoms with Crippen LogP contribution in [0.3, 0.4) is 0 Å². The maximum atomic E-state index is 7.62. The summed E-state index contributed by atoms with van der Waals surface area (Å²) in [5, 5.41) is 15.2. The van der Waals surface area contributed by atoms with Crippen LogP contribution >= 0.6 is 0 Å². The van der Waals surface area contributed by atoms with Crippen LogP contribution in [0.1, 0.15) is 13.8 Å². The van der Waals surface area contributed by atoms with Gasteiger partial charge >= 0.3 is 0 Å². The number of rotatable bonds is 3. The summed E-state index contributed by atoms with van der Waals surface area (Å²) in [6, 6.07) is 0. The highest BCUT2D eigenvalue weighted by molar-refractivity contribution is 4.66. The molecule has 0 aromatic carbocycles. The molecule has 16 heavy (non-hydrogen) atoms. The first kappa shape index (κ1) is 20.7. The third kappa shape index (κ3) is 50.6. The minimum atomic E-state index is -0.125. The fraction of sp³-hybridized carbons (Fsp3) is 0.667. The molecule has 98 valence electrons. The second-order valence-electron chi connectivity index (χ2n) is 2.67. The number of aliphatic hydroxyl groups is 2. The molecule has 1 aliphatic heterocycles. The summed E-state index contributed by atoms with van der Waals surface area (Å²) in [6.45, 7) is 11.9. The SMILES string of the molecule is C=CC.C=CC.COCC1CO1.OCCO. The molecule has 1 aliphatic rings. The molecule has 2 N–H and O–H groups in total. The molecule has 1 atom stereocenters. The first-order valence-electron chi connectivity index (χ1n) is 5.14. The first-order chi connectivity index (χ1) is 7.67. The van der Waals surface area contributed by atoms with Crippen molar-refractivity contribution < 1.29 is 19.7 Å². The highest BCUT2D eigenvalue weighted by atomic mass is 16.6. The Morgan fingerprint density at radius 1 is 1.25 bits per heavy atom. The number of allylic oxidation sites excluding steroid dienone is 2. The van der Waals surface area contributed by atoms with E-state index in [9.17, 15) is 0 Å². The summed E-state index contributed by atoms with van der Waals surface area (Å²) < 4.78 is 9.56. The van der Waals surface area contributed by atoms with E-state index in [1.54, 1.807) is 19.3 Å². The zero-order valence-corrected chi connectivity index (χ0v) is 10.7. The Labute approximate surface area is 99.2 Å². The number of aliphatic hydroxyl groups excluding tert-OH is 2.